The van der Waals surface area contributed by atoms with Gasteiger partial charge in [-0.15, -0.1) is 0 Å². The van der Waals surface area contributed by atoms with Gasteiger partial charge in [-0.25, -0.2) is 0 Å². The Morgan fingerprint density at radius 2 is 1.32 bits per heavy atom. The van der Waals surface area contributed by atoms with E-state index in [4.69, 9.17) is 0 Å². The van der Waals surface area contributed by atoms with E-state index in [0.717, 1.165) is 20.1 Å². The Bertz CT molecular complexity index is 809. The van der Waals surface area contributed by atoms with Crippen molar-refractivity contribution in [1.29, 1.82) is 0 Å². The van der Waals surface area contributed by atoms with E-state index < -0.39 is 0 Å². The second kappa shape index (κ2) is 6.59. The Kier molecular flexibility index (Phi) is 4.55. The first-order valence-corrected chi connectivity index (χ1v) is 8.39. The first kappa shape index (κ1) is 15.2. The molecule has 0 aliphatic rings. The summed E-state index contributed by atoms with van der Waals surface area (Å²) < 4.78 is 1.66. The molecule has 0 bridgehead atoms. The first-order valence-electron chi connectivity index (χ1n) is 6.81. The summed E-state index contributed by atoms with van der Waals surface area (Å²) >= 11 is 6.89. The zero-order valence-electron chi connectivity index (χ0n) is 11.6. The van der Waals surface area contributed by atoms with Gasteiger partial charge in [0, 0.05) is 20.1 Å². The van der Waals surface area contributed by atoms with Gasteiger partial charge in [0.15, 0.2) is 5.78 Å². The molecule has 0 saturated heterocycles. The van der Waals surface area contributed by atoms with Gasteiger partial charge in [-0.1, -0.05) is 60.7 Å². The van der Waals surface area contributed by atoms with Gasteiger partial charge >= 0.3 is 0 Å². The Morgan fingerprint density at radius 1 is 0.682 bits per heavy atom. The highest BCUT2D eigenvalue weighted by atomic mass is 79.9. The molecule has 3 heteroatoms. The van der Waals surface area contributed by atoms with Gasteiger partial charge < -0.3 is 0 Å². The molecule has 0 saturated carbocycles. The van der Waals surface area contributed by atoms with Crippen LogP contribution in [-0.4, -0.2) is 5.78 Å². The summed E-state index contributed by atoms with van der Waals surface area (Å²) in [4.78, 5) is 12.6. The van der Waals surface area contributed by atoms with Gasteiger partial charge in [0.05, 0.1) is 0 Å². The van der Waals surface area contributed by atoms with Crippen molar-refractivity contribution in [3.8, 4) is 11.1 Å². The van der Waals surface area contributed by atoms with Crippen LogP contribution in [-0.2, 0) is 0 Å². The summed E-state index contributed by atoms with van der Waals surface area (Å²) in [5.41, 5.74) is 3.58. The third kappa shape index (κ3) is 3.06. The molecule has 0 amide bonds. The zero-order valence-corrected chi connectivity index (χ0v) is 14.8. The van der Waals surface area contributed by atoms with Crippen molar-refractivity contribution in [3.05, 3.63) is 92.9 Å². The molecular weight excluding hydrogens is 404 g/mol. The lowest BCUT2D eigenvalue weighted by Gasteiger charge is -2.07. The maximum Gasteiger partial charge on any atom is 0.194 e. The highest BCUT2D eigenvalue weighted by molar-refractivity contribution is 9.13. The lowest BCUT2D eigenvalue weighted by atomic mass is 9.99. The molecule has 1 nitrogen and oxygen atoms in total. The molecule has 0 unspecified atom stereocenters. The number of halogens is 2. The second-order valence-corrected chi connectivity index (χ2v) is 6.52. The lowest BCUT2D eigenvalue weighted by molar-refractivity contribution is 0.103. The smallest absolute Gasteiger partial charge is 0.194 e. The van der Waals surface area contributed by atoms with Crippen molar-refractivity contribution in [2.75, 3.05) is 0 Å². The van der Waals surface area contributed by atoms with Gasteiger partial charge in [0.1, 0.15) is 0 Å². The van der Waals surface area contributed by atoms with Crippen LogP contribution in [0, 0.1) is 0 Å². The lowest BCUT2D eigenvalue weighted by Crippen LogP contribution is -2.02. The van der Waals surface area contributed by atoms with Crippen LogP contribution in [0.1, 0.15) is 15.9 Å². The molecule has 0 aliphatic heterocycles. The van der Waals surface area contributed by atoms with E-state index in [1.807, 2.05) is 60.7 Å². The molecule has 108 valence electrons. The van der Waals surface area contributed by atoms with Crippen LogP contribution in [0.2, 0.25) is 0 Å². The fourth-order valence-electron chi connectivity index (χ4n) is 2.28. The van der Waals surface area contributed by atoms with Crippen LogP contribution in [0.25, 0.3) is 11.1 Å². The van der Waals surface area contributed by atoms with Gasteiger partial charge in [0.25, 0.3) is 0 Å². The van der Waals surface area contributed by atoms with E-state index in [2.05, 4.69) is 44.0 Å². The Labute approximate surface area is 146 Å². The van der Waals surface area contributed by atoms with Crippen molar-refractivity contribution >= 4 is 37.6 Å². The van der Waals surface area contributed by atoms with Gasteiger partial charge in [-0.2, -0.15) is 0 Å². The molecule has 0 fully saturated rings. The van der Waals surface area contributed by atoms with Crippen molar-refractivity contribution in [3.63, 3.8) is 0 Å². The molecule has 0 radical (unpaired) electrons. The van der Waals surface area contributed by atoms with E-state index in [-0.39, 0.29) is 5.78 Å². The third-order valence-corrected chi connectivity index (χ3v) is 5.50. The number of carbonyl (C=O) groups is 1. The summed E-state index contributed by atoms with van der Waals surface area (Å²) in [6.45, 7) is 0. The number of benzene rings is 3. The Morgan fingerprint density at radius 3 is 2.00 bits per heavy atom. The standard InChI is InChI=1S/C19H12Br2O/c20-17-8-4-7-16(18(17)21)19(22)15-11-9-14(10-12-15)13-5-2-1-3-6-13/h1-12H. The van der Waals surface area contributed by atoms with E-state index >= 15 is 0 Å². The van der Waals surface area contributed by atoms with Crippen molar-refractivity contribution < 1.29 is 4.79 Å². The highest BCUT2D eigenvalue weighted by Crippen LogP contribution is 2.29. The SMILES string of the molecule is O=C(c1ccc(-c2ccccc2)cc1)c1cccc(Br)c1Br. The molecule has 0 aromatic heterocycles. The topological polar surface area (TPSA) is 17.1 Å². The molecule has 0 aliphatic carbocycles. The molecule has 3 aromatic rings. The number of carbonyl (C=O) groups excluding carboxylic acids is 1. The third-order valence-electron chi connectivity index (χ3n) is 3.45. The molecule has 0 N–H and O–H groups in total. The molecule has 0 spiro atoms. The molecular formula is C19H12Br2O. The van der Waals surface area contributed by atoms with Crippen molar-refractivity contribution in [1.82, 2.24) is 0 Å². The summed E-state index contributed by atoms with van der Waals surface area (Å²) in [5.74, 6) is 0.00721. The van der Waals surface area contributed by atoms with E-state index in [1.165, 1.54) is 0 Å². The minimum atomic E-state index is 0.00721. The second-order valence-electron chi connectivity index (χ2n) is 4.87. The quantitative estimate of drug-likeness (QED) is 0.471. The maximum absolute atomic E-state index is 12.6. The fourth-order valence-corrected chi connectivity index (χ4v) is 3.09. The average molecular weight is 416 g/mol. The number of ketones is 1. The van der Waals surface area contributed by atoms with Crippen LogP contribution in [0.15, 0.2) is 81.7 Å². The van der Waals surface area contributed by atoms with E-state index in [9.17, 15) is 4.79 Å². The number of rotatable bonds is 3. The number of hydrogen-bond donors (Lipinski definition) is 0. The van der Waals surface area contributed by atoms with Gasteiger partial charge in [-0.3, -0.25) is 4.79 Å². The highest BCUT2D eigenvalue weighted by Gasteiger charge is 2.14. The molecule has 3 aromatic carbocycles. The van der Waals surface area contributed by atoms with E-state index in [0.29, 0.717) is 11.1 Å². The normalized spacial score (nSPS) is 10.5. The van der Waals surface area contributed by atoms with Gasteiger partial charge in [-0.05, 0) is 55.1 Å². The van der Waals surface area contributed by atoms with Crippen LogP contribution >= 0.6 is 31.9 Å². The largest absolute Gasteiger partial charge is 0.289 e. The van der Waals surface area contributed by atoms with Crippen molar-refractivity contribution in [2.45, 2.75) is 0 Å². The summed E-state index contributed by atoms with van der Waals surface area (Å²) in [7, 11) is 0. The molecule has 0 heterocycles. The van der Waals surface area contributed by atoms with E-state index in [1.54, 1.807) is 0 Å². The molecule has 22 heavy (non-hydrogen) atoms. The monoisotopic (exact) mass is 414 g/mol. The molecule has 0 atom stereocenters. The first-order chi connectivity index (χ1) is 10.7. The Hall–Kier alpha value is -1.71. The van der Waals surface area contributed by atoms with Crippen LogP contribution in [0.3, 0.4) is 0 Å². The minimum absolute atomic E-state index is 0.00721. The number of hydrogen-bond acceptors (Lipinski definition) is 1. The molecule has 3 rings (SSSR count). The Balaban J connectivity index is 1.93. The van der Waals surface area contributed by atoms with Crippen LogP contribution in [0.5, 0.6) is 0 Å². The summed E-state index contributed by atoms with van der Waals surface area (Å²) in [6.07, 6.45) is 0. The fraction of sp³-hybridized carbons (Fsp3) is 0. The predicted molar refractivity (Wildman–Crippen MR) is 97.2 cm³/mol. The minimum Gasteiger partial charge on any atom is -0.289 e. The van der Waals surface area contributed by atoms with Crippen LogP contribution < -0.4 is 0 Å². The predicted octanol–water partition coefficient (Wildman–Crippen LogP) is 6.11. The maximum atomic E-state index is 12.6. The summed E-state index contributed by atoms with van der Waals surface area (Å²) in [5, 5.41) is 0. The van der Waals surface area contributed by atoms with Gasteiger partial charge in [0.2, 0.25) is 0 Å². The van der Waals surface area contributed by atoms with Crippen molar-refractivity contribution in [2.24, 2.45) is 0 Å². The zero-order chi connectivity index (χ0) is 15.5. The summed E-state index contributed by atoms with van der Waals surface area (Å²) in [6, 6.07) is 23.4. The average Bonchev–Trinajstić information content (AvgIpc) is 2.58. The van der Waals surface area contributed by atoms with Crippen LogP contribution in [0.4, 0.5) is 0 Å².